The van der Waals surface area contributed by atoms with E-state index in [1.807, 2.05) is 0 Å². The Morgan fingerprint density at radius 1 is 1.20 bits per heavy atom. The number of hydrogen-bond acceptors (Lipinski definition) is 9. The molecule has 4 rings (SSSR count). The molecule has 0 aliphatic carbocycles. The summed E-state index contributed by atoms with van der Waals surface area (Å²) >= 11 is 1.33. The third kappa shape index (κ3) is 3.96. The maximum absolute atomic E-state index is 12.8. The second-order valence-corrected chi connectivity index (χ2v) is 9.84. The molecule has 0 bridgehead atoms. The summed E-state index contributed by atoms with van der Waals surface area (Å²) in [6.07, 6.45) is 0. The van der Waals surface area contributed by atoms with Crippen molar-refractivity contribution in [1.29, 1.82) is 0 Å². The molecular formula is C17H18N6O5S2. The maximum Gasteiger partial charge on any atom is 0.275 e. The fraction of sp³-hybridized carbons (Fsp3) is 0.353. The first-order chi connectivity index (χ1) is 14.2. The van der Waals surface area contributed by atoms with E-state index in [1.165, 1.54) is 44.4 Å². The molecule has 1 fully saturated rings. The van der Waals surface area contributed by atoms with E-state index < -0.39 is 14.9 Å². The molecule has 0 spiro atoms. The zero-order valence-corrected chi connectivity index (χ0v) is 17.6. The number of aryl methyl sites for hydroxylation is 1. The normalized spacial score (nSPS) is 16.2. The minimum atomic E-state index is -3.81. The Morgan fingerprint density at radius 2 is 1.93 bits per heavy atom. The molecule has 3 heterocycles. The van der Waals surface area contributed by atoms with Gasteiger partial charge >= 0.3 is 0 Å². The zero-order valence-electron chi connectivity index (χ0n) is 16.0. The Labute approximate surface area is 175 Å². The van der Waals surface area contributed by atoms with Crippen LogP contribution in [-0.4, -0.2) is 63.3 Å². The van der Waals surface area contributed by atoms with E-state index in [-0.39, 0.29) is 29.2 Å². The Balaban J connectivity index is 1.45. The van der Waals surface area contributed by atoms with Gasteiger partial charge in [-0.05, 0) is 13.0 Å². The van der Waals surface area contributed by atoms with Crippen LogP contribution in [0.5, 0.6) is 0 Å². The van der Waals surface area contributed by atoms with Crippen molar-refractivity contribution in [3.8, 4) is 0 Å². The van der Waals surface area contributed by atoms with E-state index in [4.69, 9.17) is 0 Å². The minimum absolute atomic E-state index is 0.0860. The summed E-state index contributed by atoms with van der Waals surface area (Å²) in [5.41, 5.74) is 0.146. The van der Waals surface area contributed by atoms with Gasteiger partial charge in [0.2, 0.25) is 15.0 Å². The van der Waals surface area contributed by atoms with Crippen LogP contribution in [0.3, 0.4) is 0 Å². The fourth-order valence-electron chi connectivity index (χ4n) is 3.25. The van der Waals surface area contributed by atoms with Crippen LogP contribution in [0.25, 0.3) is 4.96 Å². The summed E-state index contributed by atoms with van der Waals surface area (Å²) in [5.74, 6) is 0. The second kappa shape index (κ2) is 7.83. The van der Waals surface area contributed by atoms with Gasteiger partial charge in [-0.2, -0.15) is 13.9 Å². The lowest BCUT2D eigenvalue weighted by atomic mass is 10.3. The number of hydrogen-bond donors (Lipinski definition) is 0. The number of sulfonamides is 1. The van der Waals surface area contributed by atoms with Gasteiger partial charge in [0.05, 0.1) is 16.4 Å². The SMILES string of the molecule is Cc1cc(=O)n2nc(CN3CCN(S(=O)(=O)c4cccc([N+](=O)[O-])c4)CC3)sc2n1. The molecule has 1 aromatic carbocycles. The number of benzene rings is 1. The van der Waals surface area contributed by atoms with Crippen molar-refractivity contribution < 1.29 is 13.3 Å². The number of fused-ring (bicyclic) bond motifs is 1. The minimum Gasteiger partial charge on any atom is -0.294 e. The van der Waals surface area contributed by atoms with E-state index in [9.17, 15) is 23.3 Å². The highest BCUT2D eigenvalue weighted by atomic mass is 32.2. The third-order valence-electron chi connectivity index (χ3n) is 4.77. The van der Waals surface area contributed by atoms with E-state index >= 15 is 0 Å². The van der Waals surface area contributed by atoms with Gasteiger partial charge < -0.3 is 0 Å². The zero-order chi connectivity index (χ0) is 21.5. The fourth-order valence-corrected chi connectivity index (χ4v) is 5.70. The third-order valence-corrected chi connectivity index (χ3v) is 7.56. The number of aromatic nitrogens is 3. The highest BCUT2D eigenvalue weighted by Gasteiger charge is 2.29. The lowest BCUT2D eigenvalue weighted by molar-refractivity contribution is -0.385. The number of rotatable bonds is 5. The molecule has 0 N–H and O–H groups in total. The molecule has 1 saturated heterocycles. The first-order valence-electron chi connectivity index (χ1n) is 9.07. The quantitative estimate of drug-likeness (QED) is 0.413. The molecule has 30 heavy (non-hydrogen) atoms. The summed E-state index contributed by atoms with van der Waals surface area (Å²) < 4.78 is 28.3. The van der Waals surface area contributed by atoms with E-state index in [1.54, 1.807) is 6.92 Å². The van der Waals surface area contributed by atoms with Crippen molar-refractivity contribution in [1.82, 2.24) is 23.8 Å². The highest BCUT2D eigenvalue weighted by Crippen LogP contribution is 2.23. The molecule has 0 amide bonds. The predicted molar refractivity (Wildman–Crippen MR) is 109 cm³/mol. The summed E-state index contributed by atoms with van der Waals surface area (Å²) in [4.78, 5) is 29.1. The van der Waals surface area contributed by atoms with Crippen LogP contribution in [0.15, 0.2) is 40.0 Å². The Bertz CT molecular complexity index is 1280. The van der Waals surface area contributed by atoms with Crippen LogP contribution in [0, 0.1) is 17.0 Å². The topological polar surface area (TPSA) is 131 Å². The van der Waals surface area contributed by atoms with Gasteiger partial charge in [-0.3, -0.25) is 19.8 Å². The largest absolute Gasteiger partial charge is 0.294 e. The lowest BCUT2D eigenvalue weighted by Gasteiger charge is -2.33. The molecule has 1 aliphatic rings. The van der Waals surface area contributed by atoms with Crippen LogP contribution in [0.2, 0.25) is 0 Å². The molecule has 2 aromatic heterocycles. The average Bonchev–Trinajstić information content (AvgIpc) is 3.11. The number of non-ortho nitro benzene ring substituents is 1. The highest BCUT2D eigenvalue weighted by molar-refractivity contribution is 7.89. The standard InChI is InChI=1S/C17H18N6O5S2/c1-12-9-16(24)22-17(18-12)29-15(19-22)11-20-5-7-21(8-6-20)30(27,28)14-4-2-3-13(10-14)23(25)26/h2-4,9-10H,5-8,11H2,1H3. The number of nitrogens with zero attached hydrogens (tertiary/aromatic N) is 6. The molecule has 0 radical (unpaired) electrons. The van der Waals surface area contributed by atoms with Crippen molar-refractivity contribution in [3.63, 3.8) is 0 Å². The van der Waals surface area contributed by atoms with Gasteiger partial charge in [-0.25, -0.2) is 13.4 Å². The average molecular weight is 451 g/mol. The second-order valence-electron chi connectivity index (χ2n) is 6.86. The summed E-state index contributed by atoms with van der Waals surface area (Å²) in [7, 11) is -3.81. The molecular weight excluding hydrogens is 432 g/mol. The summed E-state index contributed by atoms with van der Waals surface area (Å²) in [6.45, 7) is 3.70. The maximum atomic E-state index is 12.8. The monoisotopic (exact) mass is 450 g/mol. The van der Waals surface area contributed by atoms with Gasteiger partial charge in [-0.15, -0.1) is 0 Å². The Morgan fingerprint density at radius 3 is 2.63 bits per heavy atom. The Kier molecular flexibility index (Phi) is 5.36. The molecule has 1 aliphatic heterocycles. The molecule has 3 aromatic rings. The van der Waals surface area contributed by atoms with Crippen molar-refractivity contribution >= 4 is 32.0 Å². The van der Waals surface area contributed by atoms with E-state index in [2.05, 4.69) is 15.0 Å². The first-order valence-corrected chi connectivity index (χ1v) is 11.3. The summed E-state index contributed by atoms with van der Waals surface area (Å²) in [5, 5.41) is 16.0. The summed E-state index contributed by atoms with van der Waals surface area (Å²) in [6, 6.07) is 6.49. The van der Waals surface area contributed by atoms with E-state index in [0.29, 0.717) is 30.3 Å². The van der Waals surface area contributed by atoms with E-state index in [0.717, 1.165) is 11.1 Å². The van der Waals surface area contributed by atoms with Crippen LogP contribution in [0.1, 0.15) is 10.7 Å². The van der Waals surface area contributed by atoms with Gasteiger partial charge in [0, 0.05) is 50.1 Å². The van der Waals surface area contributed by atoms with Crippen molar-refractivity contribution in [2.24, 2.45) is 0 Å². The van der Waals surface area contributed by atoms with Gasteiger partial charge in [0.1, 0.15) is 5.01 Å². The smallest absolute Gasteiger partial charge is 0.275 e. The Hall–Kier alpha value is -2.74. The van der Waals surface area contributed by atoms with Crippen molar-refractivity contribution in [2.75, 3.05) is 26.2 Å². The molecule has 158 valence electrons. The number of piperazine rings is 1. The van der Waals surface area contributed by atoms with Crippen molar-refractivity contribution in [3.05, 3.63) is 61.5 Å². The number of nitro benzene ring substituents is 1. The van der Waals surface area contributed by atoms with Crippen molar-refractivity contribution in [2.45, 2.75) is 18.4 Å². The molecule has 13 heteroatoms. The predicted octanol–water partition coefficient (Wildman–Crippen LogP) is 0.874. The van der Waals surface area contributed by atoms with Crippen LogP contribution in [-0.2, 0) is 16.6 Å². The molecule has 0 atom stereocenters. The molecule has 11 nitrogen and oxygen atoms in total. The van der Waals surface area contributed by atoms with Crippen LogP contribution < -0.4 is 5.56 Å². The molecule has 0 unspecified atom stereocenters. The van der Waals surface area contributed by atoms with Crippen LogP contribution in [0.4, 0.5) is 5.69 Å². The number of nitro groups is 1. The lowest BCUT2D eigenvalue weighted by Crippen LogP contribution is -2.48. The van der Waals surface area contributed by atoms with Gasteiger partial charge in [0.25, 0.3) is 11.2 Å². The molecule has 0 saturated carbocycles. The van der Waals surface area contributed by atoms with Crippen LogP contribution >= 0.6 is 11.3 Å². The van der Waals surface area contributed by atoms with Gasteiger partial charge in [0.15, 0.2) is 0 Å². The first kappa shape index (κ1) is 20.5. The van der Waals surface area contributed by atoms with Gasteiger partial charge in [-0.1, -0.05) is 17.4 Å².